The predicted octanol–water partition coefficient (Wildman–Crippen LogP) is 5.37. The van der Waals surface area contributed by atoms with Crippen LogP contribution in [-0.4, -0.2) is 46.5 Å². The van der Waals surface area contributed by atoms with Crippen molar-refractivity contribution in [2.24, 2.45) is 0 Å². The van der Waals surface area contributed by atoms with Crippen LogP contribution in [0, 0.1) is 5.82 Å². The molecule has 0 aromatic heterocycles. The number of carbonyl (C=O) groups excluding carboxylic acids is 3. The number of nitrogens with zero attached hydrogens (tertiary/aromatic N) is 2. The number of hydrogen-bond acceptors (Lipinski definition) is 5. The lowest BCUT2D eigenvalue weighted by Gasteiger charge is -2.18. The molecule has 33 heavy (non-hydrogen) atoms. The fourth-order valence-electron chi connectivity index (χ4n) is 3.57. The Morgan fingerprint density at radius 3 is 2.48 bits per heavy atom. The molecule has 2 aliphatic rings. The molecule has 0 unspecified atom stereocenters. The van der Waals surface area contributed by atoms with E-state index in [-0.39, 0.29) is 45.6 Å². The first-order chi connectivity index (χ1) is 15.8. The molecule has 10 heteroatoms. The van der Waals surface area contributed by atoms with E-state index in [2.05, 4.69) is 0 Å². The van der Waals surface area contributed by atoms with Crippen LogP contribution in [0.15, 0.2) is 41.3 Å². The van der Waals surface area contributed by atoms with Crippen LogP contribution in [0.3, 0.4) is 0 Å². The number of rotatable bonds is 6. The maximum atomic E-state index is 13.3. The molecule has 0 aliphatic carbocycles. The molecule has 4 rings (SSSR count). The van der Waals surface area contributed by atoms with Gasteiger partial charge in [0, 0.05) is 13.1 Å². The van der Waals surface area contributed by atoms with Crippen LogP contribution in [0.1, 0.15) is 24.0 Å². The van der Waals surface area contributed by atoms with E-state index in [0.29, 0.717) is 24.2 Å². The summed E-state index contributed by atoms with van der Waals surface area (Å²) in [5.74, 6) is -0.915. The van der Waals surface area contributed by atoms with Gasteiger partial charge in [0.1, 0.15) is 19.0 Å². The Morgan fingerprint density at radius 2 is 1.82 bits per heavy atom. The summed E-state index contributed by atoms with van der Waals surface area (Å²) < 4.78 is 19.0. The molecule has 2 heterocycles. The number of likely N-dealkylation sites (tertiary alicyclic amines) is 1. The van der Waals surface area contributed by atoms with Gasteiger partial charge >= 0.3 is 0 Å². The molecule has 0 saturated carbocycles. The summed E-state index contributed by atoms with van der Waals surface area (Å²) in [5, 5.41) is -0.0896. The van der Waals surface area contributed by atoms with E-state index in [0.717, 1.165) is 29.5 Å². The van der Waals surface area contributed by atoms with Gasteiger partial charge in [0.15, 0.2) is 5.75 Å². The Kier molecular flexibility index (Phi) is 7.26. The van der Waals surface area contributed by atoms with E-state index in [4.69, 9.17) is 27.9 Å². The van der Waals surface area contributed by atoms with Crippen molar-refractivity contribution in [3.63, 3.8) is 0 Å². The summed E-state index contributed by atoms with van der Waals surface area (Å²) >= 11 is 13.4. The average Bonchev–Trinajstić information content (AvgIpc) is 3.38. The largest absolute Gasteiger partial charge is 0.486 e. The van der Waals surface area contributed by atoms with Crippen molar-refractivity contribution in [2.75, 3.05) is 19.6 Å². The Balaban J connectivity index is 1.46. The third-order valence-electron chi connectivity index (χ3n) is 5.22. The normalized spacial score (nSPS) is 17.4. The lowest BCUT2D eigenvalue weighted by Crippen LogP contribution is -2.40. The van der Waals surface area contributed by atoms with Crippen molar-refractivity contribution in [2.45, 2.75) is 19.4 Å². The van der Waals surface area contributed by atoms with Crippen LogP contribution < -0.4 is 4.74 Å². The summed E-state index contributed by atoms with van der Waals surface area (Å²) in [7, 11) is 0. The first-order valence-electron chi connectivity index (χ1n) is 10.2. The zero-order chi connectivity index (χ0) is 23.5. The Hall–Kier alpha value is -2.55. The summed E-state index contributed by atoms with van der Waals surface area (Å²) in [4.78, 5) is 40.2. The minimum absolute atomic E-state index is 0.0699. The highest BCUT2D eigenvalue weighted by molar-refractivity contribution is 8.18. The molecule has 2 aliphatic heterocycles. The van der Waals surface area contributed by atoms with E-state index < -0.39 is 11.1 Å². The second-order valence-corrected chi connectivity index (χ2v) is 9.40. The summed E-state index contributed by atoms with van der Waals surface area (Å²) in [6, 6.07) is 9.08. The van der Waals surface area contributed by atoms with Gasteiger partial charge in [0.2, 0.25) is 5.91 Å². The van der Waals surface area contributed by atoms with Gasteiger partial charge in [-0.1, -0.05) is 35.3 Å². The molecule has 3 amide bonds. The number of amides is 3. The standard InChI is InChI=1S/C23H19Cl2FN2O4S/c24-17-9-15(10-18(25)21(17)32-13-14-4-3-5-16(26)8-14)11-19-22(30)28(23(31)33-19)12-20(29)27-6-1-2-7-27/h3-5,8-11H,1-2,6-7,12-13H2/b19-11+. The molecule has 2 fully saturated rings. The van der Waals surface area contributed by atoms with Crippen LogP contribution >= 0.6 is 35.0 Å². The Morgan fingerprint density at radius 1 is 1.12 bits per heavy atom. The Bertz CT molecular complexity index is 1130. The molecule has 2 aromatic rings. The molecule has 6 nitrogen and oxygen atoms in total. The van der Waals surface area contributed by atoms with Gasteiger partial charge in [0.05, 0.1) is 15.0 Å². The summed E-state index contributed by atoms with van der Waals surface area (Å²) in [6.07, 6.45) is 3.35. The van der Waals surface area contributed by atoms with Crippen LogP contribution in [0.25, 0.3) is 6.08 Å². The van der Waals surface area contributed by atoms with Crippen molar-refractivity contribution < 1.29 is 23.5 Å². The zero-order valence-electron chi connectivity index (χ0n) is 17.4. The highest BCUT2D eigenvalue weighted by Gasteiger charge is 2.37. The highest BCUT2D eigenvalue weighted by atomic mass is 35.5. The smallest absolute Gasteiger partial charge is 0.294 e. The molecule has 2 saturated heterocycles. The molecule has 172 valence electrons. The molecular formula is C23H19Cl2FN2O4S. The van der Waals surface area contributed by atoms with E-state index in [1.807, 2.05) is 0 Å². The number of benzene rings is 2. The number of thioether (sulfide) groups is 1. The quantitative estimate of drug-likeness (QED) is 0.490. The first kappa shape index (κ1) is 23.6. The number of hydrogen-bond donors (Lipinski definition) is 0. The van der Waals surface area contributed by atoms with Crippen molar-refractivity contribution in [3.05, 3.63) is 68.3 Å². The second kappa shape index (κ2) is 10.2. The SMILES string of the molecule is O=C(CN1C(=O)S/C(=C/c2cc(Cl)c(OCc3cccc(F)c3)c(Cl)c2)C1=O)N1CCCC1. The van der Waals surface area contributed by atoms with E-state index in [1.165, 1.54) is 18.2 Å². The Labute approximate surface area is 204 Å². The first-order valence-corrected chi connectivity index (χ1v) is 11.8. The molecule has 0 spiro atoms. The van der Waals surface area contributed by atoms with E-state index in [9.17, 15) is 18.8 Å². The predicted molar refractivity (Wildman–Crippen MR) is 126 cm³/mol. The van der Waals surface area contributed by atoms with Crippen LogP contribution in [0.2, 0.25) is 10.0 Å². The van der Waals surface area contributed by atoms with Crippen LogP contribution in [-0.2, 0) is 16.2 Å². The fourth-order valence-corrected chi connectivity index (χ4v) is 5.02. The van der Waals surface area contributed by atoms with Gasteiger partial charge in [-0.15, -0.1) is 0 Å². The lowest BCUT2D eigenvalue weighted by molar-refractivity contribution is -0.135. The average molecular weight is 509 g/mol. The van der Waals surface area contributed by atoms with Crippen molar-refractivity contribution >= 4 is 58.1 Å². The second-order valence-electron chi connectivity index (χ2n) is 7.59. The van der Waals surface area contributed by atoms with Crippen molar-refractivity contribution in [3.8, 4) is 5.75 Å². The third-order valence-corrected chi connectivity index (χ3v) is 6.69. The number of ether oxygens (including phenoxy) is 1. The minimum atomic E-state index is -0.531. The molecule has 0 radical (unpaired) electrons. The fraction of sp³-hybridized carbons (Fsp3) is 0.261. The number of carbonyl (C=O) groups is 3. The molecule has 0 atom stereocenters. The minimum Gasteiger partial charge on any atom is -0.486 e. The van der Waals surface area contributed by atoms with Gasteiger partial charge in [-0.25, -0.2) is 4.39 Å². The zero-order valence-corrected chi connectivity index (χ0v) is 19.7. The lowest BCUT2D eigenvalue weighted by atomic mass is 10.2. The molecule has 0 N–H and O–H groups in total. The van der Waals surface area contributed by atoms with Crippen molar-refractivity contribution in [1.29, 1.82) is 0 Å². The number of imide groups is 1. The van der Waals surface area contributed by atoms with Crippen LogP contribution in [0.5, 0.6) is 5.75 Å². The van der Waals surface area contributed by atoms with Gasteiger partial charge in [0.25, 0.3) is 11.1 Å². The summed E-state index contributed by atoms with van der Waals surface area (Å²) in [6.45, 7) is 1.10. The molecule has 0 bridgehead atoms. The highest BCUT2D eigenvalue weighted by Crippen LogP contribution is 2.37. The van der Waals surface area contributed by atoms with Crippen molar-refractivity contribution in [1.82, 2.24) is 9.80 Å². The van der Waals surface area contributed by atoms with Gasteiger partial charge in [-0.2, -0.15) is 0 Å². The maximum Gasteiger partial charge on any atom is 0.294 e. The number of halogens is 3. The van der Waals surface area contributed by atoms with E-state index in [1.54, 1.807) is 29.2 Å². The maximum absolute atomic E-state index is 13.3. The monoisotopic (exact) mass is 508 g/mol. The van der Waals surface area contributed by atoms with E-state index >= 15 is 0 Å². The van der Waals surface area contributed by atoms with Crippen LogP contribution in [0.4, 0.5) is 9.18 Å². The molecule has 2 aromatic carbocycles. The molecular weight excluding hydrogens is 490 g/mol. The third kappa shape index (κ3) is 5.51. The van der Waals surface area contributed by atoms with Gasteiger partial charge in [-0.05, 0) is 66.1 Å². The van der Waals surface area contributed by atoms with Gasteiger partial charge in [-0.3, -0.25) is 19.3 Å². The topological polar surface area (TPSA) is 66.9 Å². The van der Waals surface area contributed by atoms with Gasteiger partial charge < -0.3 is 9.64 Å². The summed E-state index contributed by atoms with van der Waals surface area (Å²) in [5.41, 5.74) is 1.11.